The van der Waals surface area contributed by atoms with E-state index in [-0.39, 0.29) is 12.3 Å². The number of aliphatic hydroxyl groups excluding tert-OH is 1. The van der Waals surface area contributed by atoms with Crippen molar-refractivity contribution in [1.29, 1.82) is 0 Å². The van der Waals surface area contributed by atoms with E-state index >= 15 is 0 Å². The van der Waals surface area contributed by atoms with Crippen LogP contribution in [0.25, 0.3) is 0 Å². The molecule has 1 saturated heterocycles. The highest BCUT2D eigenvalue weighted by Gasteiger charge is 2.34. The molecular formula is C9H13N3O3S2. The summed E-state index contributed by atoms with van der Waals surface area (Å²) < 4.78 is 6.09. The number of nitrogens with zero attached hydrogens (tertiary/aromatic N) is 1. The molecule has 2 rings (SSSR count). The summed E-state index contributed by atoms with van der Waals surface area (Å²) in [5.41, 5.74) is -1.20. The Hall–Kier alpha value is -0.860. The summed E-state index contributed by atoms with van der Waals surface area (Å²) in [7, 11) is 0. The number of aliphatic hydroxyl groups is 1. The van der Waals surface area contributed by atoms with Gasteiger partial charge in [-0.1, -0.05) is 0 Å². The van der Waals surface area contributed by atoms with Gasteiger partial charge >= 0.3 is 0 Å². The molecule has 1 fully saturated rings. The predicted molar refractivity (Wildman–Crippen MR) is 66.6 cm³/mol. The fraction of sp³-hybridized carbons (Fsp3) is 0.667. The highest BCUT2D eigenvalue weighted by molar-refractivity contribution is 7.99. The third kappa shape index (κ3) is 2.70. The van der Waals surface area contributed by atoms with E-state index in [0.29, 0.717) is 12.8 Å². The van der Waals surface area contributed by atoms with Gasteiger partial charge in [-0.2, -0.15) is 16.1 Å². The molecule has 0 aromatic carbocycles. The predicted octanol–water partition coefficient (Wildman–Crippen LogP) is -0.181. The van der Waals surface area contributed by atoms with Crippen molar-refractivity contribution in [3.05, 3.63) is 16.0 Å². The number of H-pyrrole nitrogens is 1. The van der Waals surface area contributed by atoms with Crippen molar-refractivity contribution in [2.45, 2.75) is 18.4 Å². The van der Waals surface area contributed by atoms with E-state index in [1.54, 1.807) is 11.8 Å². The minimum absolute atomic E-state index is 0.110. The first kappa shape index (κ1) is 12.6. The van der Waals surface area contributed by atoms with Gasteiger partial charge in [-0.15, -0.1) is 0 Å². The highest BCUT2D eigenvalue weighted by Crippen LogP contribution is 2.26. The lowest BCUT2D eigenvalue weighted by molar-refractivity contribution is 0.0812. The molecule has 1 aromatic rings. The smallest absolute Gasteiger partial charge is 0.291 e. The van der Waals surface area contributed by atoms with Crippen LogP contribution in [-0.4, -0.2) is 43.4 Å². The molecule has 3 N–H and O–H groups in total. The number of amides is 1. The van der Waals surface area contributed by atoms with E-state index in [1.165, 1.54) is 0 Å². The number of carbonyl (C=O) groups is 1. The Morgan fingerprint density at radius 3 is 2.76 bits per heavy atom. The Bertz CT molecular complexity index is 450. The maximum atomic E-state index is 11.9. The summed E-state index contributed by atoms with van der Waals surface area (Å²) in [5, 5.41) is 12.2. The summed E-state index contributed by atoms with van der Waals surface area (Å²) in [4.78, 5) is 23.1. The molecule has 6 nitrogen and oxygen atoms in total. The molecule has 1 aliphatic heterocycles. The molecule has 0 unspecified atom stereocenters. The molecule has 8 heteroatoms. The van der Waals surface area contributed by atoms with Crippen molar-refractivity contribution >= 4 is 29.4 Å². The number of carbonyl (C=O) groups excluding carboxylic acids is 1. The van der Waals surface area contributed by atoms with Crippen molar-refractivity contribution in [3.8, 4) is 0 Å². The number of thioether (sulfide) groups is 1. The first-order valence-corrected chi connectivity index (χ1v) is 7.15. The Morgan fingerprint density at radius 1 is 1.53 bits per heavy atom. The standard InChI is InChI=1S/C9H13N3O3S2/c13-5-9(1-3-16-4-2-9)10-7(14)6-8(15)12-17-11-6/h13H,1-5H2,(H,10,14)(H,12,15). The van der Waals surface area contributed by atoms with Crippen LogP contribution in [0.4, 0.5) is 0 Å². The number of aromatic amines is 1. The lowest BCUT2D eigenvalue weighted by atomic mass is 9.93. The summed E-state index contributed by atoms with van der Waals surface area (Å²) in [5.74, 6) is 1.29. The Balaban J connectivity index is 2.11. The van der Waals surface area contributed by atoms with Crippen LogP contribution in [0, 0.1) is 0 Å². The van der Waals surface area contributed by atoms with Gasteiger partial charge < -0.3 is 10.4 Å². The number of rotatable bonds is 3. The number of nitrogens with one attached hydrogen (secondary N) is 2. The molecule has 1 aromatic heterocycles. The van der Waals surface area contributed by atoms with Gasteiger partial charge in [0.25, 0.3) is 11.5 Å². The zero-order valence-electron chi connectivity index (χ0n) is 9.06. The molecule has 1 amide bonds. The Labute approximate surface area is 106 Å². The van der Waals surface area contributed by atoms with Gasteiger partial charge in [-0.3, -0.25) is 14.0 Å². The number of hydrogen-bond acceptors (Lipinski definition) is 6. The van der Waals surface area contributed by atoms with Crippen LogP contribution in [0.3, 0.4) is 0 Å². The second-order valence-corrected chi connectivity index (χ2v) is 5.76. The number of aromatic nitrogens is 2. The maximum absolute atomic E-state index is 11.9. The van der Waals surface area contributed by atoms with Crippen molar-refractivity contribution in [1.82, 2.24) is 14.1 Å². The summed E-state index contributed by atoms with van der Waals surface area (Å²) in [6, 6.07) is 0. The molecule has 0 atom stereocenters. The second kappa shape index (κ2) is 5.19. The molecule has 0 spiro atoms. The van der Waals surface area contributed by atoms with Crippen LogP contribution in [0.5, 0.6) is 0 Å². The lowest BCUT2D eigenvalue weighted by Crippen LogP contribution is -2.54. The van der Waals surface area contributed by atoms with Gasteiger partial charge in [0, 0.05) is 11.7 Å². The highest BCUT2D eigenvalue weighted by atomic mass is 32.2. The van der Waals surface area contributed by atoms with E-state index in [2.05, 4.69) is 14.1 Å². The molecular weight excluding hydrogens is 262 g/mol. The Kier molecular flexibility index (Phi) is 3.85. The third-order valence-corrected chi connectivity index (χ3v) is 4.37. The zero-order chi connectivity index (χ0) is 12.3. The van der Waals surface area contributed by atoms with E-state index < -0.39 is 17.0 Å². The van der Waals surface area contributed by atoms with Gasteiger partial charge in [0.05, 0.1) is 12.1 Å². The largest absolute Gasteiger partial charge is 0.394 e. The monoisotopic (exact) mass is 275 g/mol. The van der Waals surface area contributed by atoms with E-state index in [0.717, 1.165) is 23.2 Å². The van der Waals surface area contributed by atoms with E-state index in [1.807, 2.05) is 0 Å². The fourth-order valence-corrected chi connectivity index (χ4v) is 3.49. The van der Waals surface area contributed by atoms with Gasteiger partial charge in [-0.25, -0.2) is 0 Å². The molecule has 1 aliphatic rings. The minimum Gasteiger partial charge on any atom is -0.394 e. The van der Waals surface area contributed by atoms with Crippen molar-refractivity contribution < 1.29 is 9.90 Å². The fourth-order valence-electron chi connectivity index (χ4n) is 1.73. The zero-order valence-corrected chi connectivity index (χ0v) is 10.7. The van der Waals surface area contributed by atoms with Crippen molar-refractivity contribution in [2.75, 3.05) is 18.1 Å². The quantitative estimate of drug-likeness (QED) is 0.711. The summed E-state index contributed by atoms with van der Waals surface area (Å²) in [6.45, 7) is -0.110. The average Bonchev–Trinajstić information content (AvgIpc) is 2.77. The van der Waals surface area contributed by atoms with Gasteiger partial charge in [0.1, 0.15) is 0 Å². The van der Waals surface area contributed by atoms with Gasteiger partial charge in [0.2, 0.25) is 5.69 Å². The third-order valence-electron chi connectivity index (χ3n) is 2.84. The second-order valence-electron chi connectivity index (χ2n) is 3.97. The van der Waals surface area contributed by atoms with Crippen LogP contribution in [-0.2, 0) is 0 Å². The van der Waals surface area contributed by atoms with Crippen molar-refractivity contribution in [3.63, 3.8) is 0 Å². The summed E-state index contributed by atoms with van der Waals surface area (Å²) in [6.07, 6.45) is 1.42. The summed E-state index contributed by atoms with van der Waals surface area (Å²) >= 11 is 2.64. The topological polar surface area (TPSA) is 95.1 Å². The molecule has 0 saturated carbocycles. The molecule has 0 radical (unpaired) electrons. The SMILES string of the molecule is O=C(NC1(CO)CCSCC1)c1ns[nH]c1=O. The van der Waals surface area contributed by atoms with Gasteiger partial charge in [-0.05, 0) is 24.3 Å². The average molecular weight is 275 g/mol. The van der Waals surface area contributed by atoms with Gasteiger partial charge in [0.15, 0.2) is 0 Å². The first-order chi connectivity index (χ1) is 8.17. The molecule has 0 aliphatic carbocycles. The molecule has 17 heavy (non-hydrogen) atoms. The van der Waals surface area contributed by atoms with Crippen LogP contribution >= 0.6 is 23.5 Å². The lowest BCUT2D eigenvalue weighted by Gasteiger charge is -2.35. The van der Waals surface area contributed by atoms with Crippen molar-refractivity contribution in [2.24, 2.45) is 0 Å². The normalized spacial score (nSPS) is 18.9. The molecule has 94 valence electrons. The van der Waals surface area contributed by atoms with Crippen LogP contribution in [0.15, 0.2) is 4.79 Å². The van der Waals surface area contributed by atoms with Crippen LogP contribution in [0.1, 0.15) is 23.3 Å². The number of hydrogen-bond donors (Lipinski definition) is 3. The van der Waals surface area contributed by atoms with Crippen LogP contribution < -0.4 is 10.9 Å². The molecule has 0 bridgehead atoms. The van der Waals surface area contributed by atoms with E-state index in [9.17, 15) is 14.7 Å². The molecule has 2 heterocycles. The Morgan fingerprint density at radius 2 is 2.24 bits per heavy atom. The first-order valence-electron chi connectivity index (χ1n) is 5.22. The van der Waals surface area contributed by atoms with Crippen LogP contribution in [0.2, 0.25) is 0 Å². The van der Waals surface area contributed by atoms with E-state index in [4.69, 9.17) is 0 Å². The minimum atomic E-state index is -0.599. The maximum Gasteiger partial charge on any atom is 0.291 e.